The molecule has 0 bridgehead atoms. The highest BCUT2D eigenvalue weighted by Gasteiger charge is 2.34. The lowest BCUT2D eigenvalue weighted by Crippen LogP contribution is -2.31. The van der Waals surface area contributed by atoms with E-state index in [2.05, 4.69) is 5.32 Å². The number of rotatable bonds is 6. The molecule has 0 aliphatic carbocycles. The lowest BCUT2D eigenvalue weighted by Gasteiger charge is -2.26. The molecule has 1 aromatic rings. The summed E-state index contributed by atoms with van der Waals surface area (Å²) in [5.41, 5.74) is -1.05. The summed E-state index contributed by atoms with van der Waals surface area (Å²) in [5, 5.41) is 12.4. The Balaban J connectivity index is 2.65. The van der Waals surface area contributed by atoms with Crippen molar-refractivity contribution in [1.82, 2.24) is 5.32 Å². The first kappa shape index (κ1) is 17.9. The van der Waals surface area contributed by atoms with Gasteiger partial charge >= 0.3 is 6.18 Å². The first-order valence-corrected chi connectivity index (χ1v) is 6.76. The van der Waals surface area contributed by atoms with E-state index in [1.165, 1.54) is 6.07 Å². The van der Waals surface area contributed by atoms with E-state index in [4.69, 9.17) is 0 Å². The molecule has 0 aromatic heterocycles. The normalized spacial score (nSPS) is 14.3. The predicted molar refractivity (Wildman–Crippen MR) is 73.2 cm³/mol. The largest absolute Gasteiger partial charge is 0.419 e. The molecule has 1 rings (SSSR count). The highest BCUT2D eigenvalue weighted by molar-refractivity contribution is 5.27. The molecule has 0 spiro atoms. The summed E-state index contributed by atoms with van der Waals surface area (Å²) in [5.74, 6) is -1.26. The Labute approximate surface area is 122 Å². The molecule has 0 aliphatic rings. The van der Waals surface area contributed by atoms with Crippen LogP contribution in [-0.4, -0.2) is 17.8 Å². The minimum Gasteiger partial charge on any atom is -0.393 e. The van der Waals surface area contributed by atoms with E-state index < -0.39 is 23.7 Å². The van der Waals surface area contributed by atoms with Crippen LogP contribution in [-0.2, 0) is 12.7 Å². The number of hydrogen-bond acceptors (Lipinski definition) is 2. The van der Waals surface area contributed by atoms with Crippen molar-refractivity contribution in [1.29, 1.82) is 0 Å². The number of nitrogens with one attached hydrogen (secondary N) is 1. The zero-order chi connectivity index (χ0) is 16.3. The summed E-state index contributed by atoms with van der Waals surface area (Å²) < 4.78 is 50.9. The molecule has 1 atom stereocenters. The number of halogens is 4. The maximum Gasteiger partial charge on any atom is 0.419 e. The van der Waals surface area contributed by atoms with Crippen LogP contribution in [0.1, 0.15) is 38.3 Å². The van der Waals surface area contributed by atoms with Crippen LogP contribution in [0.3, 0.4) is 0 Å². The molecule has 0 saturated carbocycles. The van der Waals surface area contributed by atoms with Crippen molar-refractivity contribution in [3.63, 3.8) is 0 Å². The van der Waals surface area contributed by atoms with Gasteiger partial charge < -0.3 is 10.4 Å². The molecule has 0 heterocycles. The first-order valence-electron chi connectivity index (χ1n) is 6.76. The third-order valence-corrected chi connectivity index (χ3v) is 3.12. The maximum atomic E-state index is 13.2. The summed E-state index contributed by atoms with van der Waals surface area (Å²) in [6.07, 6.45) is -4.55. The topological polar surface area (TPSA) is 32.3 Å². The number of benzene rings is 1. The second-order valence-corrected chi connectivity index (χ2v) is 6.13. The van der Waals surface area contributed by atoms with Crippen molar-refractivity contribution >= 4 is 0 Å². The van der Waals surface area contributed by atoms with Gasteiger partial charge in [0.25, 0.3) is 0 Å². The second-order valence-electron chi connectivity index (χ2n) is 6.13. The van der Waals surface area contributed by atoms with E-state index in [9.17, 15) is 22.7 Å². The summed E-state index contributed by atoms with van der Waals surface area (Å²) in [4.78, 5) is 0. The van der Waals surface area contributed by atoms with Gasteiger partial charge in [0, 0.05) is 13.1 Å². The molecule has 0 radical (unpaired) electrons. The fraction of sp³-hybridized carbons (Fsp3) is 0.600. The molecule has 1 unspecified atom stereocenters. The Morgan fingerprint density at radius 2 is 1.86 bits per heavy atom. The third kappa shape index (κ3) is 6.01. The average molecular weight is 307 g/mol. The molecule has 1 aromatic carbocycles. The van der Waals surface area contributed by atoms with Crippen molar-refractivity contribution in [2.45, 2.75) is 46.0 Å². The van der Waals surface area contributed by atoms with Crippen LogP contribution in [0.5, 0.6) is 0 Å². The van der Waals surface area contributed by atoms with Gasteiger partial charge in [-0.25, -0.2) is 4.39 Å². The number of aliphatic hydroxyl groups is 1. The first-order chi connectivity index (χ1) is 9.51. The van der Waals surface area contributed by atoms with E-state index in [-0.39, 0.29) is 12.0 Å². The van der Waals surface area contributed by atoms with E-state index in [0.717, 1.165) is 12.1 Å². The van der Waals surface area contributed by atoms with Crippen LogP contribution in [0, 0.1) is 11.2 Å². The van der Waals surface area contributed by atoms with Gasteiger partial charge in [-0.1, -0.05) is 19.9 Å². The smallest absolute Gasteiger partial charge is 0.393 e. The van der Waals surface area contributed by atoms with Crippen molar-refractivity contribution < 1.29 is 22.7 Å². The monoisotopic (exact) mass is 307 g/mol. The highest BCUT2D eigenvalue weighted by atomic mass is 19.4. The lowest BCUT2D eigenvalue weighted by molar-refractivity contribution is -0.140. The molecule has 0 saturated heterocycles. The Morgan fingerprint density at radius 1 is 1.24 bits per heavy atom. The molecular formula is C15H21F4NO. The fourth-order valence-electron chi connectivity index (χ4n) is 2.32. The predicted octanol–water partition coefficient (Wildman–Crippen LogP) is 3.73. The Kier molecular flexibility index (Phi) is 5.75. The molecular weight excluding hydrogens is 286 g/mol. The quantitative estimate of drug-likeness (QED) is 0.785. The highest BCUT2D eigenvalue weighted by Crippen LogP contribution is 2.32. The standard InChI is InChI=1S/C15H21F4NO/c1-10(21)7-14(2,3)9-20-8-11-4-5-13(16)12(6-11)15(17,18)19/h4-6,10,20-21H,7-9H2,1-3H3. The fourth-order valence-corrected chi connectivity index (χ4v) is 2.32. The van der Waals surface area contributed by atoms with Crippen LogP contribution in [0.25, 0.3) is 0 Å². The Bertz CT molecular complexity index is 469. The number of aliphatic hydroxyl groups excluding tert-OH is 1. The van der Waals surface area contributed by atoms with Crippen LogP contribution in [0.4, 0.5) is 17.6 Å². The van der Waals surface area contributed by atoms with Crippen molar-refractivity contribution in [2.75, 3.05) is 6.54 Å². The molecule has 6 heteroatoms. The van der Waals surface area contributed by atoms with E-state index in [1.807, 2.05) is 13.8 Å². The van der Waals surface area contributed by atoms with Crippen LogP contribution < -0.4 is 5.32 Å². The van der Waals surface area contributed by atoms with E-state index in [0.29, 0.717) is 18.5 Å². The summed E-state index contributed by atoms with van der Waals surface area (Å²) in [6.45, 7) is 6.36. The zero-order valence-electron chi connectivity index (χ0n) is 12.4. The zero-order valence-corrected chi connectivity index (χ0v) is 12.4. The van der Waals surface area contributed by atoms with Crippen molar-refractivity contribution in [2.24, 2.45) is 5.41 Å². The molecule has 2 nitrogen and oxygen atoms in total. The maximum absolute atomic E-state index is 13.2. The van der Waals surface area contributed by atoms with Gasteiger partial charge in [0.05, 0.1) is 11.7 Å². The summed E-state index contributed by atoms with van der Waals surface area (Å²) in [7, 11) is 0. The van der Waals surface area contributed by atoms with Gasteiger partial charge in [-0.3, -0.25) is 0 Å². The van der Waals surface area contributed by atoms with Gasteiger partial charge in [-0.2, -0.15) is 13.2 Å². The van der Waals surface area contributed by atoms with Gasteiger partial charge in [-0.05, 0) is 36.5 Å². The lowest BCUT2D eigenvalue weighted by atomic mass is 9.87. The Hall–Kier alpha value is -1.14. The van der Waals surface area contributed by atoms with Crippen LogP contribution in [0.2, 0.25) is 0 Å². The minimum absolute atomic E-state index is 0.180. The molecule has 0 fully saturated rings. The molecule has 0 amide bonds. The molecule has 2 N–H and O–H groups in total. The van der Waals surface area contributed by atoms with E-state index in [1.54, 1.807) is 6.92 Å². The van der Waals surface area contributed by atoms with Crippen molar-refractivity contribution in [3.05, 3.63) is 35.1 Å². The van der Waals surface area contributed by atoms with Crippen molar-refractivity contribution in [3.8, 4) is 0 Å². The number of hydrogen-bond donors (Lipinski definition) is 2. The summed E-state index contributed by atoms with van der Waals surface area (Å²) >= 11 is 0. The SMILES string of the molecule is CC(O)CC(C)(C)CNCc1ccc(F)c(C(F)(F)F)c1. The van der Waals surface area contributed by atoms with Gasteiger partial charge in [0.1, 0.15) is 5.82 Å². The van der Waals surface area contributed by atoms with Gasteiger partial charge in [0.2, 0.25) is 0 Å². The average Bonchev–Trinajstić information content (AvgIpc) is 2.27. The minimum atomic E-state index is -4.69. The van der Waals surface area contributed by atoms with Gasteiger partial charge in [-0.15, -0.1) is 0 Å². The van der Waals surface area contributed by atoms with Crippen LogP contribution >= 0.6 is 0 Å². The summed E-state index contributed by atoms with van der Waals surface area (Å²) in [6, 6.07) is 2.99. The molecule has 21 heavy (non-hydrogen) atoms. The van der Waals surface area contributed by atoms with Crippen LogP contribution in [0.15, 0.2) is 18.2 Å². The third-order valence-electron chi connectivity index (χ3n) is 3.12. The Morgan fingerprint density at radius 3 is 2.38 bits per heavy atom. The van der Waals surface area contributed by atoms with Gasteiger partial charge in [0.15, 0.2) is 0 Å². The van der Waals surface area contributed by atoms with E-state index >= 15 is 0 Å². The molecule has 120 valence electrons. The number of alkyl halides is 3. The molecule has 0 aliphatic heterocycles. The second kappa shape index (κ2) is 6.75.